The third kappa shape index (κ3) is 105. The van der Waals surface area contributed by atoms with E-state index in [-0.39, 0.29) is 58.9 Å². The van der Waals surface area contributed by atoms with Crippen molar-refractivity contribution < 1.29 is 37.0 Å². The van der Waals surface area contributed by atoms with Crippen LogP contribution >= 0.6 is 0 Å². The molecule has 0 amide bonds. The van der Waals surface area contributed by atoms with Gasteiger partial charge in [0.25, 0.3) is 0 Å². The minimum absolute atomic E-state index is 0. The molecular weight excluding hydrogens is 360 g/mol. The molecule has 3 N–H and O–H groups in total. The standard InChI is InChI=1S/C5H5.3C4H10O.5CH3.Ti/c1-2-4-5-3-1;3*1-4(2)3-5;;;;;;/h1-3H,4H2;3*4-5H,3H2,1-2H3;5*1H3;/q-1;;;;5*-1;. The van der Waals surface area contributed by atoms with E-state index in [0.717, 1.165) is 6.42 Å². The van der Waals surface area contributed by atoms with E-state index in [1.165, 1.54) is 0 Å². The van der Waals surface area contributed by atoms with Crippen LogP contribution in [0.2, 0.25) is 0 Å². The fraction of sp³-hybridized carbons (Fsp3) is 0.591. The van der Waals surface area contributed by atoms with Crippen molar-refractivity contribution in [3.8, 4) is 0 Å². The van der Waals surface area contributed by atoms with Crippen molar-refractivity contribution in [1.82, 2.24) is 0 Å². The van der Waals surface area contributed by atoms with Crippen LogP contribution in [0.4, 0.5) is 0 Å². The van der Waals surface area contributed by atoms with Crippen LogP contribution in [0.15, 0.2) is 18.2 Å². The molecule has 166 valence electrons. The summed E-state index contributed by atoms with van der Waals surface area (Å²) >= 11 is 0. The van der Waals surface area contributed by atoms with Gasteiger partial charge in [-0.3, -0.25) is 6.08 Å². The SMILES string of the molecule is CC(C)CO.CC(C)CO.CC(C)CO.[C-]1=CC=CC1.[CH3-].[CH3-].[CH3-].[CH3-].[CH3-].[Ti]. The molecule has 1 rings (SSSR count). The molecular formula is C22H50O3Ti-6. The van der Waals surface area contributed by atoms with Crippen molar-refractivity contribution in [2.24, 2.45) is 17.8 Å². The fourth-order valence-corrected chi connectivity index (χ4v) is 0.340. The third-order valence-corrected chi connectivity index (χ3v) is 1.68. The molecule has 0 bridgehead atoms. The largest absolute Gasteiger partial charge is 0.396 e. The minimum Gasteiger partial charge on any atom is -0.396 e. The summed E-state index contributed by atoms with van der Waals surface area (Å²) in [6.07, 6.45) is 10.0. The Bertz CT molecular complexity index is 184. The van der Waals surface area contributed by atoms with Gasteiger partial charge in [-0.25, -0.2) is 12.2 Å². The Balaban J connectivity index is -0.0000000197. The molecule has 1 aliphatic carbocycles. The van der Waals surface area contributed by atoms with Gasteiger partial charge < -0.3 is 52.5 Å². The van der Waals surface area contributed by atoms with Gasteiger partial charge in [-0.2, -0.15) is 6.08 Å². The monoisotopic (exact) mass is 410 g/mol. The van der Waals surface area contributed by atoms with Crippen molar-refractivity contribution in [1.29, 1.82) is 0 Å². The molecule has 0 aliphatic heterocycles. The zero-order chi connectivity index (χ0) is 16.4. The van der Waals surface area contributed by atoms with Crippen LogP contribution in [0, 0.1) is 61.0 Å². The topological polar surface area (TPSA) is 60.7 Å². The average molecular weight is 411 g/mol. The molecule has 0 heterocycles. The average Bonchev–Trinajstić information content (AvgIpc) is 2.99. The van der Waals surface area contributed by atoms with Crippen LogP contribution in [-0.4, -0.2) is 35.1 Å². The molecule has 0 spiro atoms. The molecule has 0 aromatic carbocycles. The first-order chi connectivity index (χ1) is 9.31. The molecule has 3 nitrogen and oxygen atoms in total. The van der Waals surface area contributed by atoms with E-state index < -0.39 is 0 Å². The zero-order valence-electron chi connectivity index (χ0n) is 19.6. The maximum absolute atomic E-state index is 8.14. The van der Waals surface area contributed by atoms with Gasteiger partial charge in [0.1, 0.15) is 0 Å². The van der Waals surface area contributed by atoms with Crippen molar-refractivity contribution in [2.75, 3.05) is 19.8 Å². The van der Waals surface area contributed by atoms with Gasteiger partial charge >= 0.3 is 0 Å². The maximum atomic E-state index is 8.14. The predicted molar refractivity (Wildman–Crippen MR) is 119 cm³/mol. The summed E-state index contributed by atoms with van der Waals surface area (Å²) < 4.78 is 0. The summed E-state index contributed by atoms with van der Waals surface area (Å²) in [6, 6.07) is 0. The van der Waals surface area contributed by atoms with Crippen molar-refractivity contribution >= 4 is 0 Å². The minimum atomic E-state index is 0. The first kappa shape index (κ1) is 56.2. The van der Waals surface area contributed by atoms with Gasteiger partial charge in [0.2, 0.25) is 0 Å². The molecule has 0 aromatic rings. The third-order valence-electron chi connectivity index (χ3n) is 1.68. The first-order valence-corrected chi connectivity index (χ1v) is 7.35. The van der Waals surface area contributed by atoms with Gasteiger partial charge in [-0.15, -0.1) is 6.42 Å². The van der Waals surface area contributed by atoms with Crippen LogP contribution < -0.4 is 0 Å². The van der Waals surface area contributed by atoms with Crippen molar-refractivity contribution in [3.05, 3.63) is 61.4 Å². The summed E-state index contributed by atoms with van der Waals surface area (Å²) in [6.45, 7) is 12.7. The molecule has 26 heavy (non-hydrogen) atoms. The van der Waals surface area contributed by atoms with E-state index in [0.29, 0.717) is 37.6 Å². The van der Waals surface area contributed by atoms with E-state index in [1.54, 1.807) is 0 Å². The van der Waals surface area contributed by atoms with Gasteiger partial charge in [0, 0.05) is 41.5 Å². The maximum Gasteiger partial charge on any atom is 0.0453 e. The van der Waals surface area contributed by atoms with Crippen LogP contribution in [0.3, 0.4) is 0 Å². The normalized spacial score (nSPS) is 8.92. The Morgan fingerprint density at radius 3 is 0.962 bits per heavy atom. The number of allylic oxidation sites excluding steroid dienone is 4. The second-order valence-electron chi connectivity index (χ2n) is 5.73. The van der Waals surface area contributed by atoms with Gasteiger partial charge in [-0.05, 0) is 17.8 Å². The molecule has 0 unspecified atom stereocenters. The number of hydrogen-bond acceptors (Lipinski definition) is 3. The summed E-state index contributed by atoms with van der Waals surface area (Å²) in [4.78, 5) is 0. The van der Waals surface area contributed by atoms with Gasteiger partial charge in [0.05, 0.1) is 0 Å². The molecule has 0 atom stereocenters. The molecule has 1 aliphatic rings. The van der Waals surface area contributed by atoms with E-state index in [9.17, 15) is 0 Å². The van der Waals surface area contributed by atoms with Crippen LogP contribution in [0.5, 0.6) is 0 Å². The van der Waals surface area contributed by atoms with Gasteiger partial charge in [-0.1, -0.05) is 41.5 Å². The number of rotatable bonds is 3. The van der Waals surface area contributed by atoms with Crippen molar-refractivity contribution in [3.63, 3.8) is 0 Å². The van der Waals surface area contributed by atoms with Crippen molar-refractivity contribution in [2.45, 2.75) is 48.0 Å². The Labute approximate surface area is 183 Å². The molecule has 4 heteroatoms. The summed E-state index contributed by atoms with van der Waals surface area (Å²) in [5.41, 5.74) is 0. The molecule has 0 radical (unpaired) electrons. The summed E-state index contributed by atoms with van der Waals surface area (Å²) in [7, 11) is 0. The van der Waals surface area contributed by atoms with Crippen LogP contribution in [0.1, 0.15) is 48.0 Å². The van der Waals surface area contributed by atoms with E-state index in [2.05, 4.69) is 12.2 Å². The van der Waals surface area contributed by atoms with E-state index in [1.807, 2.05) is 53.7 Å². The first-order valence-electron chi connectivity index (χ1n) is 7.35. The molecule has 0 saturated carbocycles. The zero-order valence-corrected chi connectivity index (χ0v) is 21.2. The fourth-order valence-electron chi connectivity index (χ4n) is 0.340. The Hall–Kier alpha value is 0.0743. The Morgan fingerprint density at radius 2 is 0.923 bits per heavy atom. The smallest absolute Gasteiger partial charge is 0.0453 e. The number of aliphatic hydroxyl groups is 3. The summed E-state index contributed by atoms with van der Waals surface area (Å²) in [5.74, 6) is 1.32. The second-order valence-corrected chi connectivity index (χ2v) is 5.73. The van der Waals surface area contributed by atoms with E-state index in [4.69, 9.17) is 15.3 Å². The predicted octanol–water partition coefficient (Wildman–Crippen LogP) is 5.46. The van der Waals surface area contributed by atoms with E-state index >= 15 is 0 Å². The number of aliphatic hydroxyl groups excluding tert-OH is 3. The van der Waals surface area contributed by atoms with Crippen LogP contribution in [0.25, 0.3) is 0 Å². The summed E-state index contributed by atoms with van der Waals surface area (Å²) in [5, 5.41) is 24.4. The van der Waals surface area contributed by atoms with Gasteiger partial charge in [0.15, 0.2) is 0 Å². The Morgan fingerprint density at radius 1 is 0.692 bits per heavy atom. The second kappa shape index (κ2) is 49.8. The molecule has 0 fully saturated rings. The Kier molecular flexibility index (Phi) is 108. The van der Waals surface area contributed by atoms with Crippen LogP contribution in [-0.2, 0) is 21.7 Å². The molecule has 0 aromatic heterocycles. The molecule has 0 saturated heterocycles. The number of hydrogen-bond donors (Lipinski definition) is 3. The quantitative estimate of drug-likeness (QED) is 0.428.